The van der Waals surface area contributed by atoms with Crippen molar-refractivity contribution in [1.29, 1.82) is 0 Å². The third kappa shape index (κ3) is 6.42. The minimum absolute atomic E-state index is 0.115. The van der Waals surface area contributed by atoms with E-state index in [2.05, 4.69) is 5.32 Å². The summed E-state index contributed by atoms with van der Waals surface area (Å²) in [5, 5.41) is 4.21. The summed E-state index contributed by atoms with van der Waals surface area (Å²) in [5.74, 6) is 2.21. The van der Waals surface area contributed by atoms with Crippen LogP contribution in [0.25, 0.3) is 0 Å². The third-order valence-corrected chi connectivity index (χ3v) is 5.43. The van der Waals surface area contributed by atoms with Gasteiger partial charge in [-0.25, -0.2) is 0 Å². The number of ether oxygens (including phenoxy) is 1. The molecule has 140 valence electrons. The van der Waals surface area contributed by atoms with Crippen LogP contribution in [0.15, 0.2) is 36.4 Å². The molecular formula is C20H23Cl2NO2S. The fourth-order valence-corrected chi connectivity index (χ4v) is 3.71. The lowest BCUT2D eigenvalue weighted by Gasteiger charge is -2.16. The van der Waals surface area contributed by atoms with Crippen LogP contribution >= 0.6 is 35.0 Å². The molecular weight excluding hydrogens is 389 g/mol. The minimum atomic E-state index is -0.536. The molecule has 0 aromatic heterocycles. The van der Waals surface area contributed by atoms with Crippen molar-refractivity contribution in [1.82, 2.24) is 5.32 Å². The molecule has 26 heavy (non-hydrogen) atoms. The van der Waals surface area contributed by atoms with E-state index in [-0.39, 0.29) is 5.91 Å². The maximum atomic E-state index is 12.2. The first-order valence-electron chi connectivity index (χ1n) is 8.40. The van der Waals surface area contributed by atoms with Crippen molar-refractivity contribution >= 4 is 40.9 Å². The first kappa shape index (κ1) is 20.9. The Balaban J connectivity index is 1.71. The summed E-state index contributed by atoms with van der Waals surface area (Å²) in [6.07, 6.45) is -0.536. The summed E-state index contributed by atoms with van der Waals surface area (Å²) in [6, 6.07) is 11.5. The predicted octanol–water partition coefficient (Wildman–Crippen LogP) is 5.43. The summed E-state index contributed by atoms with van der Waals surface area (Å²) >= 11 is 13.7. The van der Waals surface area contributed by atoms with E-state index >= 15 is 0 Å². The number of rotatable bonds is 8. The van der Waals surface area contributed by atoms with Crippen molar-refractivity contribution in [2.45, 2.75) is 32.6 Å². The Kier molecular flexibility index (Phi) is 8.14. The van der Waals surface area contributed by atoms with Gasteiger partial charge in [-0.3, -0.25) is 4.79 Å². The van der Waals surface area contributed by atoms with Gasteiger partial charge in [-0.15, -0.1) is 0 Å². The van der Waals surface area contributed by atoms with Crippen molar-refractivity contribution in [3.63, 3.8) is 0 Å². The number of carbonyl (C=O) groups excluding carboxylic acids is 1. The van der Waals surface area contributed by atoms with E-state index in [1.54, 1.807) is 24.8 Å². The minimum Gasteiger partial charge on any atom is -0.481 e. The maximum absolute atomic E-state index is 12.2. The van der Waals surface area contributed by atoms with Crippen molar-refractivity contribution < 1.29 is 9.53 Å². The van der Waals surface area contributed by atoms with Gasteiger partial charge in [0, 0.05) is 28.1 Å². The van der Waals surface area contributed by atoms with Crippen LogP contribution in [0.3, 0.4) is 0 Å². The van der Waals surface area contributed by atoms with Crippen LogP contribution in [0.2, 0.25) is 10.0 Å². The molecule has 0 bridgehead atoms. The van der Waals surface area contributed by atoms with Crippen LogP contribution in [0.5, 0.6) is 5.75 Å². The van der Waals surface area contributed by atoms with Crippen LogP contribution in [0.1, 0.15) is 23.6 Å². The monoisotopic (exact) mass is 411 g/mol. The third-order valence-electron chi connectivity index (χ3n) is 3.83. The average Bonchev–Trinajstić information content (AvgIpc) is 2.59. The molecule has 1 unspecified atom stereocenters. The lowest BCUT2D eigenvalue weighted by molar-refractivity contribution is -0.127. The Hall–Kier alpha value is -1.36. The number of thioether (sulfide) groups is 1. The number of benzene rings is 2. The molecule has 0 radical (unpaired) electrons. The normalized spacial score (nSPS) is 11.9. The van der Waals surface area contributed by atoms with Gasteiger partial charge in [0.25, 0.3) is 5.91 Å². The summed E-state index contributed by atoms with van der Waals surface area (Å²) in [5.41, 5.74) is 3.17. The number of halogens is 2. The molecule has 3 nitrogen and oxygen atoms in total. The molecule has 1 amide bonds. The lowest BCUT2D eigenvalue weighted by Crippen LogP contribution is -2.37. The van der Waals surface area contributed by atoms with Crippen molar-refractivity contribution in [3.05, 3.63) is 63.1 Å². The Morgan fingerprint density at radius 3 is 2.69 bits per heavy atom. The van der Waals surface area contributed by atoms with Gasteiger partial charge in [-0.2, -0.15) is 11.8 Å². The zero-order chi connectivity index (χ0) is 19.1. The summed E-state index contributed by atoms with van der Waals surface area (Å²) < 4.78 is 5.79. The van der Waals surface area contributed by atoms with E-state index in [1.165, 1.54) is 0 Å². The zero-order valence-corrected chi connectivity index (χ0v) is 17.5. The van der Waals surface area contributed by atoms with Crippen LogP contribution in [-0.2, 0) is 10.5 Å². The topological polar surface area (TPSA) is 38.3 Å². The maximum Gasteiger partial charge on any atom is 0.260 e. The second-order valence-electron chi connectivity index (χ2n) is 6.11. The molecule has 0 fully saturated rings. The molecule has 0 saturated heterocycles. The van der Waals surface area contributed by atoms with Crippen LogP contribution < -0.4 is 10.1 Å². The SMILES string of the molecule is Cc1ccc(C)c(OC(C)C(=O)NCCSCc2ccc(Cl)cc2Cl)c1. The number of aryl methyl sites for hydroxylation is 2. The second-order valence-corrected chi connectivity index (χ2v) is 8.06. The molecule has 2 aromatic rings. The highest BCUT2D eigenvalue weighted by Crippen LogP contribution is 2.24. The van der Waals surface area contributed by atoms with E-state index in [0.29, 0.717) is 16.6 Å². The predicted molar refractivity (Wildman–Crippen MR) is 112 cm³/mol. The zero-order valence-electron chi connectivity index (χ0n) is 15.1. The van der Waals surface area contributed by atoms with Gasteiger partial charge in [0.15, 0.2) is 6.10 Å². The molecule has 1 N–H and O–H groups in total. The molecule has 2 aromatic carbocycles. The molecule has 0 aliphatic carbocycles. The lowest BCUT2D eigenvalue weighted by atomic mass is 10.1. The van der Waals surface area contributed by atoms with Gasteiger partial charge in [0.2, 0.25) is 0 Å². The fraction of sp³-hybridized carbons (Fsp3) is 0.350. The quantitative estimate of drug-likeness (QED) is 0.588. The van der Waals surface area contributed by atoms with Gasteiger partial charge in [0.05, 0.1) is 0 Å². The van der Waals surface area contributed by atoms with Gasteiger partial charge in [-0.1, -0.05) is 41.4 Å². The van der Waals surface area contributed by atoms with Crippen LogP contribution in [0, 0.1) is 13.8 Å². The average molecular weight is 412 g/mol. The summed E-state index contributed by atoms with van der Waals surface area (Å²) in [6.45, 7) is 6.31. The van der Waals surface area contributed by atoms with Crippen LogP contribution in [0.4, 0.5) is 0 Å². The van der Waals surface area contributed by atoms with Crippen molar-refractivity contribution in [3.8, 4) is 5.75 Å². The molecule has 1 atom stereocenters. The molecule has 0 aliphatic heterocycles. The first-order chi connectivity index (χ1) is 12.4. The number of carbonyl (C=O) groups is 1. The standard InChI is InChI=1S/C20H23Cl2NO2S/c1-13-4-5-14(2)19(10-13)25-15(3)20(24)23-8-9-26-12-16-6-7-17(21)11-18(16)22/h4-7,10-11,15H,8-9,12H2,1-3H3,(H,23,24). The second kappa shape index (κ2) is 10.1. The molecule has 0 saturated carbocycles. The molecule has 0 spiro atoms. The van der Waals surface area contributed by atoms with Gasteiger partial charge in [0.1, 0.15) is 5.75 Å². The van der Waals surface area contributed by atoms with E-state index in [9.17, 15) is 4.79 Å². The summed E-state index contributed by atoms with van der Waals surface area (Å²) in [7, 11) is 0. The van der Waals surface area contributed by atoms with Gasteiger partial charge in [-0.05, 0) is 55.7 Å². The number of hydrogen-bond donors (Lipinski definition) is 1. The number of nitrogens with one attached hydrogen (secondary N) is 1. The Morgan fingerprint density at radius 1 is 1.19 bits per heavy atom. The van der Waals surface area contributed by atoms with E-state index in [1.807, 2.05) is 44.2 Å². The largest absolute Gasteiger partial charge is 0.481 e. The van der Waals surface area contributed by atoms with Crippen LogP contribution in [-0.4, -0.2) is 24.3 Å². The Morgan fingerprint density at radius 2 is 1.96 bits per heavy atom. The molecule has 6 heteroatoms. The van der Waals surface area contributed by atoms with Gasteiger partial charge >= 0.3 is 0 Å². The van der Waals surface area contributed by atoms with E-state index < -0.39 is 6.10 Å². The van der Waals surface area contributed by atoms with E-state index in [4.69, 9.17) is 27.9 Å². The van der Waals surface area contributed by atoms with Gasteiger partial charge < -0.3 is 10.1 Å². The van der Waals surface area contributed by atoms with Crippen molar-refractivity contribution in [2.24, 2.45) is 0 Å². The molecule has 0 aliphatic rings. The Labute approximate surface area is 169 Å². The fourth-order valence-electron chi connectivity index (χ4n) is 2.29. The first-order valence-corrected chi connectivity index (χ1v) is 10.3. The number of amides is 1. The Bertz CT molecular complexity index is 767. The highest BCUT2D eigenvalue weighted by Gasteiger charge is 2.15. The van der Waals surface area contributed by atoms with E-state index in [0.717, 1.165) is 33.9 Å². The highest BCUT2D eigenvalue weighted by molar-refractivity contribution is 7.98. The number of hydrogen-bond acceptors (Lipinski definition) is 3. The highest BCUT2D eigenvalue weighted by atomic mass is 35.5. The smallest absolute Gasteiger partial charge is 0.260 e. The molecule has 2 rings (SSSR count). The molecule has 0 heterocycles. The summed E-state index contributed by atoms with van der Waals surface area (Å²) in [4.78, 5) is 12.2. The van der Waals surface area contributed by atoms with Crippen molar-refractivity contribution in [2.75, 3.05) is 12.3 Å².